The van der Waals surface area contributed by atoms with Gasteiger partial charge in [0, 0.05) is 43.5 Å². The molecule has 0 saturated heterocycles. The van der Waals surface area contributed by atoms with Crippen LogP contribution >= 0.6 is 0 Å². The van der Waals surface area contributed by atoms with Crippen LogP contribution in [0.5, 0.6) is 11.5 Å². The molecule has 0 fully saturated rings. The predicted octanol–water partition coefficient (Wildman–Crippen LogP) is 2.32. The van der Waals surface area contributed by atoms with Crippen molar-refractivity contribution < 1.29 is 14.6 Å². The third-order valence-corrected chi connectivity index (χ3v) is 5.23. The molecule has 138 valence electrons. The maximum Gasteiger partial charge on any atom is 0.231 e. The molecule has 1 aromatic carbocycles. The number of aryl methyl sites for hydroxylation is 1. The Labute approximate surface area is 154 Å². The average Bonchev–Trinajstić information content (AvgIpc) is 3.12. The summed E-state index contributed by atoms with van der Waals surface area (Å²) < 4.78 is 11.2. The molecule has 0 amide bonds. The Hall–Kier alpha value is -2.31. The molecule has 0 radical (unpaired) electrons. The Morgan fingerprint density at radius 3 is 2.96 bits per heavy atom. The van der Waals surface area contributed by atoms with Crippen molar-refractivity contribution in [3.05, 3.63) is 47.2 Å². The zero-order valence-electron chi connectivity index (χ0n) is 15.3. The lowest BCUT2D eigenvalue weighted by Gasteiger charge is -2.35. The van der Waals surface area contributed by atoms with E-state index in [9.17, 15) is 5.11 Å². The normalized spacial score (nSPS) is 19.8. The van der Waals surface area contributed by atoms with Crippen LogP contribution in [0.15, 0.2) is 30.3 Å². The minimum Gasteiger partial charge on any atom is -0.454 e. The number of fused-ring (bicyclic) bond motifs is 2. The molecule has 4 rings (SSSR count). The molecular weight excluding hydrogens is 330 g/mol. The Kier molecular flexibility index (Phi) is 4.70. The van der Waals surface area contributed by atoms with E-state index in [1.165, 1.54) is 5.56 Å². The number of pyridine rings is 1. The molecule has 1 aromatic heterocycles. The highest BCUT2D eigenvalue weighted by molar-refractivity contribution is 5.50. The molecule has 0 bridgehead atoms. The van der Waals surface area contributed by atoms with E-state index >= 15 is 0 Å². The molecule has 6 heteroatoms. The maximum absolute atomic E-state index is 9.85. The van der Waals surface area contributed by atoms with Crippen LogP contribution in [0, 0.1) is 6.92 Å². The number of aliphatic hydroxyl groups excluding tert-OH is 1. The second kappa shape index (κ2) is 7.13. The van der Waals surface area contributed by atoms with E-state index in [1.807, 2.05) is 26.1 Å². The summed E-state index contributed by atoms with van der Waals surface area (Å²) in [5.74, 6) is 2.64. The van der Waals surface area contributed by atoms with Gasteiger partial charge in [-0.15, -0.1) is 0 Å². The summed E-state index contributed by atoms with van der Waals surface area (Å²) in [7, 11) is 2.02. The number of ether oxygens (including phenoxy) is 2. The molecule has 0 saturated carbocycles. The van der Waals surface area contributed by atoms with Gasteiger partial charge in [0.2, 0.25) is 6.79 Å². The minimum absolute atomic E-state index is 0.0620. The molecule has 0 aliphatic carbocycles. The summed E-state index contributed by atoms with van der Waals surface area (Å²) in [5, 5.41) is 9.85. The molecule has 1 atom stereocenters. The lowest BCUT2D eigenvalue weighted by Crippen LogP contribution is -2.41. The largest absolute Gasteiger partial charge is 0.454 e. The van der Waals surface area contributed by atoms with Gasteiger partial charge in [-0.2, -0.15) is 0 Å². The Balaban J connectivity index is 1.63. The topological polar surface area (TPSA) is 58.1 Å². The van der Waals surface area contributed by atoms with E-state index in [2.05, 4.69) is 28.0 Å². The molecule has 2 aliphatic rings. The van der Waals surface area contributed by atoms with Crippen LogP contribution in [0.3, 0.4) is 0 Å². The van der Waals surface area contributed by atoms with Crippen molar-refractivity contribution in [2.45, 2.75) is 32.5 Å². The van der Waals surface area contributed by atoms with Gasteiger partial charge in [-0.25, -0.2) is 4.98 Å². The first-order chi connectivity index (χ1) is 12.7. The second-order valence-electron chi connectivity index (χ2n) is 7.03. The van der Waals surface area contributed by atoms with Crippen LogP contribution < -0.4 is 14.4 Å². The van der Waals surface area contributed by atoms with Crippen molar-refractivity contribution in [3.63, 3.8) is 0 Å². The van der Waals surface area contributed by atoms with E-state index in [1.54, 1.807) is 0 Å². The van der Waals surface area contributed by atoms with Crippen molar-refractivity contribution in [3.8, 4) is 11.5 Å². The second-order valence-corrected chi connectivity index (χ2v) is 7.03. The minimum atomic E-state index is 0.0620. The van der Waals surface area contributed by atoms with Crippen molar-refractivity contribution in [1.82, 2.24) is 9.88 Å². The predicted molar refractivity (Wildman–Crippen MR) is 99.5 cm³/mol. The Morgan fingerprint density at radius 1 is 1.23 bits per heavy atom. The van der Waals surface area contributed by atoms with Crippen LogP contribution in [0.1, 0.15) is 23.2 Å². The summed E-state index contributed by atoms with van der Waals surface area (Å²) >= 11 is 0. The van der Waals surface area contributed by atoms with E-state index in [-0.39, 0.29) is 19.4 Å². The highest BCUT2D eigenvalue weighted by atomic mass is 16.7. The van der Waals surface area contributed by atoms with Crippen LogP contribution in [-0.4, -0.2) is 48.0 Å². The summed E-state index contributed by atoms with van der Waals surface area (Å²) in [6, 6.07) is 10.3. The molecular formula is C20H25N3O3. The van der Waals surface area contributed by atoms with Crippen LogP contribution in [0.25, 0.3) is 0 Å². The van der Waals surface area contributed by atoms with Gasteiger partial charge in [0.1, 0.15) is 5.82 Å². The summed E-state index contributed by atoms with van der Waals surface area (Å²) in [6.07, 6.45) is 0.883. The van der Waals surface area contributed by atoms with Gasteiger partial charge in [0.25, 0.3) is 0 Å². The van der Waals surface area contributed by atoms with Crippen LogP contribution in [0.2, 0.25) is 0 Å². The number of aromatic nitrogens is 1. The first-order valence-corrected chi connectivity index (χ1v) is 9.06. The molecule has 2 aliphatic heterocycles. The van der Waals surface area contributed by atoms with E-state index in [0.29, 0.717) is 0 Å². The highest BCUT2D eigenvalue weighted by Gasteiger charge is 2.25. The molecule has 26 heavy (non-hydrogen) atoms. The first-order valence-electron chi connectivity index (χ1n) is 9.06. The number of hydrogen-bond donors (Lipinski definition) is 1. The van der Waals surface area contributed by atoms with Crippen molar-refractivity contribution >= 4 is 5.82 Å². The molecule has 0 spiro atoms. The average molecular weight is 355 g/mol. The fourth-order valence-electron chi connectivity index (χ4n) is 3.72. The number of hydrogen-bond acceptors (Lipinski definition) is 6. The van der Waals surface area contributed by atoms with Gasteiger partial charge in [-0.3, -0.25) is 4.90 Å². The number of likely N-dealkylation sites (N-methyl/N-ethyl adjacent to an activating group) is 1. The van der Waals surface area contributed by atoms with Crippen molar-refractivity contribution in [2.24, 2.45) is 0 Å². The number of benzene rings is 1. The van der Waals surface area contributed by atoms with E-state index in [0.717, 1.165) is 54.6 Å². The number of aliphatic hydroxyl groups is 1. The van der Waals surface area contributed by atoms with Gasteiger partial charge in [0.15, 0.2) is 11.5 Å². The van der Waals surface area contributed by atoms with Crippen LogP contribution in [-0.2, 0) is 13.1 Å². The van der Waals surface area contributed by atoms with Gasteiger partial charge < -0.3 is 19.5 Å². The standard InChI is InChI=1S/C20H25N3O3/c1-14-6-7-16-11-23(9-8-17(12-24)22(2)20(16)21-14)10-15-4-3-5-18-19(15)26-13-25-18/h3-7,17,24H,8-13H2,1-2H3. The molecule has 1 unspecified atom stereocenters. The SMILES string of the molecule is Cc1ccc2c(n1)N(C)C(CO)CCN(Cc1cccc3c1OCO3)C2. The molecule has 3 heterocycles. The molecule has 2 aromatic rings. The fourth-order valence-corrected chi connectivity index (χ4v) is 3.72. The zero-order valence-corrected chi connectivity index (χ0v) is 15.3. The van der Waals surface area contributed by atoms with Gasteiger partial charge >= 0.3 is 0 Å². The maximum atomic E-state index is 9.85. The monoisotopic (exact) mass is 355 g/mol. The third-order valence-electron chi connectivity index (χ3n) is 5.23. The summed E-state index contributed by atoms with van der Waals surface area (Å²) in [5.41, 5.74) is 3.31. The lowest BCUT2D eigenvalue weighted by molar-refractivity contribution is 0.170. The number of para-hydroxylation sites is 1. The van der Waals surface area contributed by atoms with Gasteiger partial charge in [-0.1, -0.05) is 18.2 Å². The van der Waals surface area contributed by atoms with Gasteiger partial charge in [0.05, 0.1) is 12.6 Å². The first kappa shape index (κ1) is 17.1. The Bertz CT molecular complexity index is 796. The number of anilines is 1. The van der Waals surface area contributed by atoms with Crippen LogP contribution in [0.4, 0.5) is 5.82 Å². The molecule has 1 N–H and O–H groups in total. The van der Waals surface area contributed by atoms with Gasteiger partial charge in [-0.05, 0) is 25.5 Å². The number of rotatable bonds is 3. The van der Waals surface area contributed by atoms with Crippen molar-refractivity contribution in [2.75, 3.05) is 31.9 Å². The summed E-state index contributed by atoms with van der Waals surface area (Å²) in [4.78, 5) is 9.25. The quantitative estimate of drug-likeness (QED) is 0.912. The van der Waals surface area contributed by atoms with E-state index in [4.69, 9.17) is 14.5 Å². The smallest absolute Gasteiger partial charge is 0.231 e. The third kappa shape index (κ3) is 3.22. The lowest BCUT2D eigenvalue weighted by atomic mass is 10.1. The van der Waals surface area contributed by atoms with Crippen molar-refractivity contribution in [1.29, 1.82) is 0 Å². The Morgan fingerprint density at radius 2 is 2.12 bits per heavy atom. The zero-order chi connectivity index (χ0) is 18.1. The number of nitrogens with zero attached hydrogens (tertiary/aromatic N) is 3. The van der Waals surface area contributed by atoms with E-state index < -0.39 is 0 Å². The highest BCUT2D eigenvalue weighted by Crippen LogP contribution is 2.36. The summed E-state index contributed by atoms with van der Waals surface area (Å²) in [6.45, 7) is 4.90. The fraction of sp³-hybridized carbons (Fsp3) is 0.450. The molecule has 6 nitrogen and oxygen atoms in total.